The molecule has 0 atom stereocenters. The van der Waals surface area contributed by atoms with Gasteiger partial charge in [0.2, 0.25) is 5.95 Å². The number of rotatable bonds is 8. The van der Waals surface area contributed by atoms with Crippen LogP contribution < -0.4 is 16.0 Å². The van der Waals surface area contributed by atoms with Crippen molar-refractivity contribution in [3.63, 3.8) is 0 Å². The summed E-state index contributed by atoms with van der Waals surface area (Å²) in [5, 5.41) is 8.97. The smallest absolute Gasteiger partial charge is 0.257 e. The molecular weight excluding hydrogens is 550 g/mol. The summed E-state index contributed by atoms with van der Waals surface area (Å²) >= 11 is 0. The third-order valence-corrected chi connectivity index (χ3v) is 6.87. The largest absolute Gasteiger partial charge is 0.324 e. The molecule has 2 amide bonds. The number of benzene rings is 3. The monoisotopic (exact) mass is 577 g/mol. The average Bonchev–Trinajstić information content (AvgIpc) is 3.07. The van der Waals surface area contributed by atoms with Gasteiger partial charge in [0, 0.05) is 47.3 Å². The lowest BCUT2D eigenvalue weighted by atomic mass is 10.0. The van der Waals surface area contributed by atoms with Gasteiger partial charge in [0.1, 0.15) is 0 Å². The molecule has 3 aromatic heterocycles. The third-order valence-electron chi connectivity index (χ3n) is 6.87. The molecule has 3 aromatic carbocycles. The highest BCUT2D eigenvalue weighted by molar-refractivity contribution is 6.07. The molecule has 0 saturated carbocycles. The van der Waals surface area contributed by atoms with Crippen LogP contribution >= 0.6 is 0 Å². The van der Waals surface area contributed by atoms with E-state index in [1.807, 2.05) is 85.8 Å². The first-order chi connectivity index (χ1) is 21.5. The molecule has 6 rings (SSSR count). The van der Waals surface area contributed by atoms with E-state index in [-0.39, 0.29) is 11.8 Å². The number of carbonyl (C=O) groups is 2. The van der Waals surface area contributed by atoms with Crippen LogP contribution in [0.1, 0.15) is 26.3 Å². The fraction of sp³-hybridized carbons (Fsp3) is 0.0286. The SMILES string of the molecule is Cc1ccc(NC(=O)c2cncc(NC(=O)c3ccc(-c4ccccc4)cc3)c2)cc1Nc1nccc(-c2cccnc2)n1. The van der Waals surface area contributed by atoms with E-state index in [1.54, 1.807) is 36.8 Å². The first kappa shape index (κ1) is 27.9. The standard InChI is InChI=1S/C35H27N7O2/c1-23-9-14-29(19-32(23)42-35-38-17-15-31(41-35)27-8-5-16-36-20-27)39-34(44)28-18-30(22-37-21-28)40-33(43)26-12-10-25(11-13-26)24-6-3-2-4-7-24/h2-22H,1H3,(H,39,44)(H,40,43)(H,38,41,42). The topological polar surface area (TPSA) is 122 Å². The van der Waals surface area contributed by atoms with Crippen LogP contribution in [-0.2, 0) is 0 Å². The number of pyridine rings is 2. The van der Waals surface area contributed by atoms with Gasteiger partial charge in [-0.15, -0.1) is 0 Å². The summed E-state index contributed by atoms with van der Waals surface area (Å²) in [4.78, 5) is 43.3. The van der Waals surface area contributed by atoms with E-state index in [9.17, 15) is 9.59 Å². The lowest BCUT2D eigenvalue weighted by Gasteiger charge is -2.12. The first-order valence-electron chi connectivity index (χ1n) is 13.9. The quantitative estimate of drug-likeness (QED) is 0.175. The lowest BCUT2D eigenvalue weighted by molar-refractivity contribution is 0.101. The van der Waals surface area contributed by atoms with Crippen molar-refractivity contribution >= 4 is 34.8 Å². The maximum absolute atomic E-state index is 13.1. The summed E-state index contributed by atoms with van der Waals surface area (Å²) in [5.74, 6) is -0.251. The molecule has 0 aliphatic heterocycles. The van der Waals surface area contributed by atoms with Crippen molar-refractivity contribution in [1.29, 1.82) is 0 Å². The van der Waals surface area contributed by atoms with Crippen molar-refractivity contribution in [1.82, 2.24) is 19.9 Å². The van der Waals surface area contributed by atoms with E-state index in [0.717, 1.165) is 33.6 Å². The predicted molar refractivity (Wildman–Crippen MR) is 172 cm³/mol. The van der Waals surface area contributed by atoms with Crippen molar-refractivity contribution in [3.8, 4) is 22.4 Å². The molecule has 6 aromatic rings. The molecule has 3 heterocycles. The van der Waals surface area contributed by atoms with Crippen LogP contribution in [0.2, 0.25) is 0 Å². The van der Waals surface area contributed by atoms with Crippen LogP contribution in [0, 0.1) is 6.92 Å². The Morgan fingerprint density at radius 1 is 0.614 bits per heavy atom. The van der Waals surface area contributed by atoms with E-state index in [0.29, 0.717) is 28.5 Å². The first-order valence-corrected chi connectivity index (χ1v) is 13.9. The Morgan fingerprint density at radius 3 is 2.16 bits per heavy atom. The number of nitrogens with zero attached hydrogens (tertiary/aromatic N) is 4. The summed E-state index contributed by atoms with van der Waals surface area (Å²) in [5.41, 5.74) is 7.16. The summed E-state index contributed by atoms with van der Waals surface area (Å²) in [6.07, 6.45) is 8.08. The van der Waals surface area contributed by atoms with Crippen molar-refractivity contribution in [3.05, 3.63) is 145 Å². The van der Waals surface area contributed by atoms with Gasteiger partial charge in [0.15, 0.2) is 0 Å². The molecule has 0 saturated heterocycles. The highest BCUT2D eigenvalue weighted by atomic mass is 16.2. The van der Waals surface area contributed by atoms with Gasteiger partial charge in [-0.05, 0) is 72.1 Å². The van der Waals surface area contributed by atoms with Crippen molar-refractivity contribution in [2.75, 3.05) is 16.0 Å². The van der Waals surface area contributed by atoms with Gasteiger partial charge in [-0.25, -0.2) is 9.97 Å². The number of nitrogens with one attached hydrogen (secondary N) is 3. The van der Waals surface area contributed by atoms with Crippen LogP contribution in [0.4, 0.5) is 23.0 Å². The third kappa shape index (κ3) is 6.63. The molecule has 214 valence electrons. The van der Waals surface area contributed by atoms with Gasteiger partial charge in [-0.2, -0.15) is 0 Å². The maximum atomic E-state index is 13.1. The zero-order chi connectivity index (χ0) is 30.3. The van der Waals surface area contributed by atoms with E-state index in [4.69, 9.17) is 0 Å². The number of amides is 2. The molecule has 0 fully saturated rings. The molecular formula is C35H27N7O2. The van der Waals surface area contributed by atoms with Crippen molar-refractivity contribution in [2.45, 2.75) is 6.92 Å². The second-order valence-electron chi connectivity index (χ2n) is 9.98. The molecule has 9 heteroatoms. The van der Waals surface area contributed by atoms with Crippen molar-refractivity contribution < 1.29 is 9.59 Å². The Morgan fingerprint density at radius 2 is 1.36 bits per heavy atom. The molecule has 0 radical (unpaired) electrons. The Labute approximate surface area is 254 Å². The zero-order valence-corrected chi connectivity index (χ0v) is 23.7. The molecule has 0 spiro atoms. The predicted octanol–water partition coefficient (Wildman–Crippen LogP) is 7.16. The second kappa shape index (κ2) is 12.7. The zero-order valence-electron chi connectivity index (χ0n) is 23.7. The molecule has 0 unspecified atom stereocenters. The van der Waals surface area contributed by atoms with E-state index in [1.165, 1.54) is 12.4 Å². The van der Waals surface area contributed by atoms with Gasteiger partial charge >= 0.3 is 0 Å². The Balaban J connectivity index is 1.12. The Kier molecular flexibility index (Phi) is 8.09. The minimum absolute atomic E-state index is 0.296. The Bertz CT molecular complexity index is 1930. The lowest BCUT2D eigenvalue weighted by Crippen LogP contribution is -2.15. The average molecular weight is 578 g/mol. The molecule has 0 aliphatic carbocycles. The van der Waals surface area contributed by atoms with Crippen LogP contribution in [0.3, 0.4) is 0 Å². The highest BCUT2D eigenvalue weighted by Crippen LogP contribution is 2.25. The van der Waals surface area contributed by atoms with Gasteiger partial charge in [0.25, 0.3) is 11.8 Å². The number of hydrogen-bond acceptors (Lipinski definition) is 7. The molecule has 0 bridgehead atoms. The van der Waals surface area contributed by atoms with Gasteiger partial charge in [0.05, 0.1) is 23.1 Å². The molecule has 44 heavy (non-hydrogen) atoms. The van der Waals surface area contributed by atoms with Gasteiger partial charge in [-0.1, -0.05) is 48.5 Å². The molecule has 3 N–H and O–H groups in total. The highest BCUT2D eigenvalue weighted by Gasteiger charge is 2.12. The van der Waals surface area contributed by atoms with Crippen LogP contribution in [0.25, 0.3) is 22.4 Å². The fourth-order valence-electron chi connectivity index (χ4n) is 4.53. The summed E-state index contributed by atoms with van der Waals surface area (Å²) in [7, 11) is 0. The van der Waals surface area contributed by atoms with Gasteiger partial charge in [-0.3, -0.25) is 19.6 Å². The van der Waals surface area contributed by atoms with Crippen LogP contribution in [0.15, 0.2) is 128 Å². The minimum Gasteiger partial charge on any atom is -0.324 e. The van der Waals surface area contributed by atoms with Gasteiger partial charge < -0.3 is 16.0 Å². The Hall–Kier alpha value is -6.22. The molecule has 0 aliphatic rings. The maximum Gasteiger partial charge on any atom is 0.257 e. The number of aryl methyl sites for hydroxylation is 1. The summed E-state index contributed by atoms with van der Waals surface area (Å²) in [6.45, 7) is 1.95. The number of carbonyl (C=O) groups excluding carboxylic acids is 2. The van der Waals surface area contributed by atoms with E-state index in [2.05, 4.69) is 35.9 Å². The normalized spacial score (nSPS) is 10.6. The number of hydrogen-bond donors (Lipinski definition) is 3. The van der Waals surface area contributed by atoms with E-state index >= 15 is 0 Å². The number of anilines is 4. The van der Waals surface area contributed by atoms with E-state index < -0.39 is 0 Å². The second-order valence-corrected chi connectivity index (χ2v) is 9.98. The van der Waals surface area contributed by atoms with Crippen LogP contribution in [0.5, 0.6) is 0 Å². The molecule has 9 nitrogen and oxygen atoms in total. The number of aromatic nitrogens is 4. The van der Waals surface area contributed by atoms with Crippen LogP contribution in [-0.4, -0.2) is 31.8 Å². The minimum atomic E-state index is -0.370. The summed E-state index contributed by atoms with van der Waals surface area (Å²) < 4.78 is 0. The fourth-order valence-corrected chi connectivity index (χ4v) is 4.53. The van der Waals surface area contributed by atoms with Crippen molar-refractivity contribution in [2.24, 2.45) is 0 Å². The summed E-state index contributed by atoms with van der Waals surface area (Å²) in [6, 6.07) is 30.0.